The Morgan fingerprint density at radius 3 is 2.50 bits per heavy atom. The predicted molar refractivity (Wildman–Crippen MR) is 81.3 cm³/mol. The van der Waals surface area contributed by atoms with Crippen LogP contribution in [0.5, 0.6) is 0 Å². The maximum Gasteiger partial charge on any atom is 0.232 e. The van der Waals surface area contributed by atoms with Crippen LogP contribution >= 0.6 is 0 Å². The number of hydrogen-bond acceptors (Lipinski definition) is 3. The van der Waals surface area contributed by atoms with Crippen LogP contribution in [0.3, 0.4) is 0 Å². The lowest BCUT2D eigenvalue weighted by atomic mass is 10.2. The van der Waals surface area contributed by atoms with Crippen molar-refractivity contribution in [3.8, 4) is 0 Å². The van der Waals surface area contributed by atoms with Gasteiger partial charge in [-0.05, 0) is 38.5 Å². The first-order valence-electron chi connectivity index (χ1n) is 6.54. The molecule has 1 aromatic rings. The molecule has 0 saturated carbocycles. The lowest BCUT2D eigenvalue weighted by Gasteiger charge is -2.22. The van der Waals surface area contributed by atoms with E-state index in [2.05, 4.69) is 5.32 Å². The first-order valence-corrected chi connectivity index (χ1v) is 8.38. The molecule has 20 heavy (non-hydrogen) atoms. The molecular weight excluding hydrogens is 276 g/mol. The average molecular weight is 298 g/mol. The summed E-state index contributed by atoms with van der Waals surface area (Å²) in [6, 6.07) is 7.27. The van der Waals surface area contributed by atoms with E-state index in [0.29, 0.717) is 5.69 Å². The summed E-state index contributed by atoms with van der Waals surface area (Å²) in [5.74, 6) is -0.152. The highest BCUT2D eigenvalue weighted by molar-refractivity contribution is 7.92. The SMILES string of the molecule is Cc1cccc(N(CCC(=O)NC(C)C)S(C)(=O)=O)c1. The Balaban J connectivity index is 2.85. The minimum Gasteiger partial charge on any atom is -0.354 e. The van der Waals surface area contributed by atoms with Crippen LogP contribution < -0.4 is 9.62 Å². The van der Waals surface area contributed by atoms with Crippen molar-refractivity contribution in [3.63, 3.8) is 0 Å². The van der Waals surface area contributed by atoms with Crippen LogP contribution in [0.1, 0.15) is 25.8 Å². The maximum atomic E-state index is 11.9. The number of carbonyl (C=O) groups is 1. The van der Waals surface area contributed by atoms with Crippen molar-refractivity contribution in [1.29, 1.82) is 0 Å². The summed E-state index contributed by atoms with van der Waals surface area (Å²) in [5.41, 5.74) is 1.56. The van der Waals surface area contributed by atoms with Crippen LogP contribution in [0.4, 0.5) is 5.69 Å². The van der Waals surface area contributed by atoms with E-state index in [1.807, 2.05) is 26.8 Å². The highest BCUT2D eigenvalue weighted by Crippen LogP contribution is 2.19. The van der Waals surface area contributed by atoms with E-state index >= 15 is 0 Å². The largest absolute Gasteiger partial charge is 0.354 e. The molecule has 1 amide bonds. The van der Waals surface area contributed by atoms with Crippen LogP contribution in [0.2, 0.25) is 0 Å². The van der Waals surface area contributed by atoms with Gasteiger partial charge < -0.3 is 5.32 Å². The van der Waals surface area contributed by atoms with Gasteiger partial charge in [0.2, 0.25) is 15.9 Å². The number of sulfonamides is 1. The lowest BCUT2D eigenvalue weighted by molar-refractivity contribution is -0.121. The molecule has 0 atom stereocenters. The molecule has 6 heteroatoms. The monoisotopic (exact) mass is 298 g/mol. The van der Waals surface area contributed by atoms with Crippen molar-refractivity contribution in [2.24, 2.45) is 0 Å². The highest BCUT2D eigenvalue weighted by atomic mass is 32.2. The summed E-state index contributed by atoms with van der Waals surface area (Å²) in [6.45, 7) is 5.77. The minimum absolute atomic E-state index is 0.0492. The number of anilines is 1. The van der Waals surface area contributed by atoms with Gasteiger partial charge in [-0.15, -0.1) is 0 Å². The normalized spacial score (nSPS) is 11.4. The number of amides is 1. The van der Waals surface area contributed by atoms with Crippen LogP contribution in [0.15, 0.2) is 24.3 Å². The molecular formula is C14H22N2O3S. The van der Waals surface area contributed by atoms with E-state index in [1.165, 1.54) is 4.31 Å². The molecule has 1 rings (SSSR count). The Labute approximate surface area is 121 Å². The van der Waals surface area contributed by atoms with Gasteiger partial charge >= 0.3 is 0 Å². The molecule has 0 spiro atoms. The molecule has 1 N–H and O–H groups in total. The number of carbonyl (C=O) groups excluding carboxylic acids is 1. The molecule has 0 aliphatic carbocycles. The van der Waals surface area contributed by atoms with Gasteiger partial charge in [0.1, 0.15) is 0 Å². The third-order valence-electron chi connectivity index (χ3n) is 2.68. The fourth-order valence-electron chi connectivity index (χ4n) is 1.87. The van der Waals surface area contributed by atoms with E-state index < -0.39 is 10.0 Å². The lowest BCUT2D eigenvalue weighted by Crippen LogP contribution is -2.36. The van der Waals surface area contributed by atoms with E-state index in [-0.39, 0.29) is 24.9 Å². The summed E-state index contributed by atoms with van der Waals surface area (Å²) in [7, 11) is -3.41. The second kappa shape index (κ2) is 6.74. The number of nitrogens with zero attached hydrogens (tertiary/aromatic N) is 1. The van der Waals surface area contributed by atoms with Crippen molar-refractivity contribution in [1.82, 2.24) is 5.32 Å². The molecule has 0 aliphatic rings. The van der Waals surface area contributed by atoms with Crippen LogP contribution in [-0.4, -0.2) is 33.2 Å². The Bertz CT molecular complexity index is 568. The van der Waals surface area contributed by atoms with Crippen LogP contribution in [0.25, 0.3) is 0 Å². The van der Waals surface area contributed by atoms with Gasteiger partial charge in [0.15, 0.2) is 0 Å². The van der Waals surface area contributed by atoms with E-state index in [4.69, 9.17) is 0 Å². The van der Waals surface area contributed by atoms with E-state index in [0.717, 1.165) is 11.8 Å². The summed E-state index contributed by atoms with van der Waals surface area (Å²) in [5, 5.41) is 2.75. The molecule has 0 unspecified atom stereocenters. The van der Waals surface area contributed by atoms with Gasteiger partial charge in [-0.3, -0.25) is 9.10 Å². The van der Waals surface area contributed by atoms with Gasteiger partial charge in [0.25, 0.3) is 0 Å². The van der Waals surface area contributed by atoms with Crippen molar-refractivity contribution in [2.45, 2.75) is 33.2 Å². The summed E-state index contributed by atoms with van der Waals surface area (Å²) in [6.07, 6.45) is 1.29. The maximum absolute atomic E-state index is 11.9. The predicted octanol–water partition coefficient (Wildman–Crippen LogP) is 1.68. The number of rotatable bonds is 6. The first-order chi connectivity index (χ1) is 9.20. The van der Waals surface area contributed by atoms with E-state index in [9.17, 15) is 13.2 Å². The molecule has 0 bridgehead atoms. The molecule has 0 aliphatic heterocycles. The fourth-order valence-corrected chi connectivity index (χ4v) is 2.79. The summed E-state index contributed by atoms with van der Waals surface area (Å²) >= 11 is 0. The quantitative estimate of drug-likeness (QED) is 0.869. The zero-order chi connectivity index (χ0) is 15.3. The van der Waals surface area contributed by atoms with Gasteiger partial charge in [-0.25, -0.2) is 8.42 Å². The van der Waals surface area contributed by atoms with Gasteiger partial charge in [-0.2, -0.15) is 0 Å². The average Bonchev–Trinajstić information content (AvgIpc) is 2.26. The zero-order valence-electron chi connectivity index (χ0n) is 12.4. The molecule has 0 radical (unpaired) electrons. The second-order valence-electron chi connectivity index (χ2n) is 5.15. The molecule has 112 valence electrons. The molecule has 0 saturated heterocycles. The minimum atomic E-state index is -3.41. The van der Waals surface area contributed by atoms with E-state index in [1.54, 1.807) is 18.2 Å². The molecule has 5 nitrogen and oxygen atoms in total. The second-order valence-corrected chi connectivity index (χ2v) is 7.05. The van der Waals surface area contributed by atoms with Crippen LogP contribution in [0, 0.1) is 6.92 Å². The number of hydrogen-bond donors (Lipinski definition) is 1. The Hall–Kier alpha value is -1.56. The number of aryl methyl sites for hydroxylation is 1. The fraction of sp³-hybridized carbons (Fsp3) is 0.500. The zero-order valence-corrected chi connectivity index (χ0v) is 13.2. The van der Waals surface area contributed by atoms with Gasteiger partial charge in [0, 0.05) is 19.0 Å². The molecule has 1 aromatic carbocycles. The number of benzene rings is 1. The van der Waals surface area contributed by atoms with Crippen molar-refractivity contribution >= 4 is 21.6 Å². The van der Waals surface area contributed by atoms with Crippen LogP contribution in [-0.2, 0) is 14.8 Å². The Morgan fingerprint density at radius 2 is 2.00 bits per heavy atom. The topological polar surface area (TPSA) is 66.5 Å². The molecule has 0 heterocycles. The summed E-state index contributed by atoms with van der Waals surface area (Å²) in [4.78, 5) is 11.7. The van der Waals surface area contributed by atoms with Crippen molar-refractivity contribution in [3.05, 3.63) is 29.8 Å². The third-order valence-corrected chi connectivity index (χ3v) is 3.88. The van der Waals surface area contributed by atoms with Gasteiger partial charge in [0.05, 0.1) is 11.9 Å². The first kappa shape index (κ1) is 16.5. The summed E-state index contributed by atoms with van der Waals surface area (Å²) < 4.78 is 25.0. The third kappa shape index (κ3) is 5.21. The highest BCUT2D eigenvalue weighted by Gasteiger charge is 2.18. The Morgan fingerprint density at radius 1 is 1.35 bits per heavy atom. The van der Waals surface area contributed by atoms with Gasteiger partial charge in [-0.1, -0.05) is 12.1 Å². The molecule has 0 aromatic heterocycles. The smallest absolute Gasteiger partial charge is 0.232 e. The molecule has 0 fully saturated rings. The van der Waals surface area contributed by atoms with Crippen molar-refractivity contribution < 1.29 is 13.2 Å². The standard InChI is InChI=1S/C14H22N2O3S/c1-11(2)15-14(17)8-9-16(20(4,18)19)13-7-5-6-12(3)10-13/h5-7,10-11H,8-9H2,1-4H3,(H,15,17). The number of nitrogens with one attached hydrogen (secondary N) is 1. The Kier molecular flexibility index (Phi) is 5.56. The van der Waals surface area contributed by atoms with Crippen molar-refractivity contribution in [2.75, 3.05) is 17.1 Å².